The normalized spacial score (nSPS) is 27.8. The lowest BCUT2D eigenvalue weighted by Gasteiger charge is -2.33. The summed E-state index contributed by atoms with van der Waals surface area (Å²) >= 11 is 0. The highest BCUT2D eigenvalue weighted by atomic mass is 19.1. The molecular weight excluding hydrogens is 327 g/mol. The van der Waals surface area contributed by atoms with Gasteiger partial charge in [0.05, 0.1) is 0 Å². The zero-order chi connectivity index (χ0) is 18.5. The van der Waals surface area contributed by atoms with Crippen LogP contribution in [0.3, 0.4) is 0 Å². The Kier molecular flexibility index (Phi) is 4.06. The van der Waals surface area contributed by atoms with Crippen molar-refractivity contribution in [3.05, 3.63) is 59.4 Å². The van der Waals surface area contributed by atoms with E-state index in [1.807, 2.05) is 32.0 Å². The predicted molar refractivity (Wildman–Crippen MR) is 99.4 cm³/mol. The van der Waals surface area contributed by atoms with Gasteiger partial charge >= 0.3 is 0 Å². The number of fused-ring (bicyclic) bond motifs is 2. The quantitative estimate of drug-likeness (QED) is 0.722. The van der Waals surface area contributed by atoms with E-state index in [2.05, 4.69) is 0 Å². The maximum absolute atomic E-state index is 13.2. The minimum absolute atomic E-state index is 0.0156. The van der Waals surface area contributed by atoms with Gasteiger partial charge in [-0.25, -0.2) is 4.39 Å². The maximum atomic E-state index is 13.2. The van der Waals surface area contributed by atoms with Crippen molar-refractivity contribution >= 4 is 11.6 Å². The number of ketones is 2. The van der Waals surface area contributed by atoms with Gasteiger partial charge in [-0.05, 0) is 66.1 Å². The van der Waals surface area contributed by atoms with E-state index >= 15 is 0 Å². The van der Waals surface area contributed by atoms with Gasteiger partial charge in [0, 0.05) is 11.3 Å². The van der Waals surface area contributed by atoms with E-state index in [9.17, 15) is 14.0 Å². The second kappa shape index (κ2) is 6.15. The first kappa shape index (κ1) is 17.1. The van der Waals surface area contributed by atoms with Gasteiger partial charge < -0.3 is 0 Å². The minimum atomic E-state index is -0.642. The van der Waals surface area contributed by atoms with Crippen LogP contribution in [0.2, 0.25) is 0 Å². The summed E-state index contributed by atoms with van der Waals surface area (Å²) in [6.45, 7) is 4.06. The molecule has 0 amide bonds. The van der Waals surface area contributed by atoms with E-state index in [0.29, 0.717) is 6.42 Å². The van der Waals surface area contributed by atoms with Crippen LogP contribution in [0.15, 0.2) is 42.5 Å². The van der Waals surface area contributed by atoms with E-state index in [1.54, 1.807) is 12.1 Å². The van der Waals surface area contributed by atoms with Crippen LogP contribution in [0.5, 0.6) is 0 Å². The summed E-state index contributed by atoms with van der Waals surface area (Å²) in [6.07, 6.45) is 3.13. The van der Waals surface area contributed by atoms with Crippen LogP contribution < -0.4 is 0 Å². The minimum Gasteiger partial charge on any atom is -0.298 e. The second-order valence-corrected chi connectivity index (χ2v) is 7.97. The Hall–Kier alpha value is -2.29. The summed E-state index contributed by atoms with van der Waals surface area (Å²) < 4.78 is 13.2. The fourth-order valence-corrected chi connectivity index (χ4v) is 4.72. The van der Waals surface area contributed by atoms with Gasteiger partial charge in [-0.3, -0.25) is 9.59 Å². The number of hydrogen-bond donors (Lipinski definition) is 0. The number of carbonyl (C=O) groups excluding carboxylic acids is 2. The summed E-state index contributed by atoms with van der Waals surface area (Å²) in [5.74, 6) is -0.724. The molecule has 2 aliphatic rings. The highest BCUT2D eigenvalue weighted by Crippen LogP contribution is 2.52. The van der Waals surface area contributed by atoms with Crippen molar-refractivity contribution in [2.75, 3.05) is 0 Å². The molecule has 2 aliphatic carbocycles. The highest BCUT2D eigenvalue weighted by molar-refractivity contribution is 6.13. The van der Waals surface area contributed by atoms with Crippen molar-refractivity contribution in [1.82, 2.24) is 0 Å². The Balaban J connectivity index is 1.82. The molecule has 3 unspecified atom stereocenters. The largest absolute Gasteiger partial charge is 0.298 e. The first-order valence-corrected chi connectivity index (χ1v) is 9.40. The Morgan fingerprint density at radius 3 is 2.46 bits per heavy atom. The molecular formula is C23H23FO2. The SMILES string of the molecule is CCc1ccc(-c2ccc(F)cc2)cc1C1C(=O)C2CCC(C)(C2)C1=O. The zero-order valence-corrected chi connectivity index (χ0v) is 15.2. The van der Waals surface area contributed by atoms with Crippen molar-refractivity contribution < 1.29 is 14.0 Å². The van der Waals surface area contributed by atoms with Crippen LogP contribution in [-0.4, -0.2) is 11.6 Å². The third kappa shape index (κ3) is 2.61. The molecule has 26 heavy (non-hydrogen) atoms. The smallest absolute Gasteiger partial charge is 0.153 e. The van der Waals surface area contributed by atoms with E-state index < -0.39 is 5.92 Å². The molecule has 3 heteroatoms. The molecule has 2 aromatic carbocycles. The van der Waals surface area contributed by atoms with E-state index in [0.717, 1.165) is 41.5 Å². The molecule has 2 nitrogen and oxygen atoms in total. The number of Topliss-reactive ketones (excluding diaryl/α,β-unsaturated/α-hetero) is 2. The number of carbonyl (C=O) groups is 2. The van der Waals surface area contributed by atoms with Crippen LogP contribution in [0, 0.1) is 17.2 Å². The van der Waals surface area contributed by atoms with Crippen molar-refractivity contribution in [2.45, 2.75) is 45.4 Å². The van der Waals surface area contributed by atoms with Gasteiger partial charge in [0.25, 0.3) is 0 Å². The van der Waals surface area contributed by atoms with Gasteiger partial charge in [0.15, 0.2) is 11.6 Å². The molecule has 4 rings (SSSR count). The maximum Gasteiger partial charge on any atom is 0.153 e. The molecule has 134 valence electrons. The fourth-order valence-electron chi connectivity index (χ4n) is 4.72. The third-order valence-corrected chi connectivity index (χ3v) is 6.30. The molecule has 0 radical (unpaired) electrons. The molecule has 3 atom stereocenters. The Morgan fingerprint density at radius 2 is 1.77 bits per heavy atom. The molecule has 0 aliphatic heterocycles. The number of benzene rings is 2. The number of hydrogen-bond acceptors (Lipinski definition) is 2. The average Bonchev–Trinajstić information content (AvgIpc) is 3.02. The number of rotatable bonds is 3. The van der Waals surface area contributed by atoms with Crippen LogP contribution >= 0.6 is 0 Å². The molecule has 0 saturated heterocycles. The Bertz CT molecular complexity index is 884. The molecule has 0 aromatic heterocycles. The molecule has 2 bridgehead atoms. The van der Waals surface area contributed by atoms with Crippen molar-refractivity contribution in [3.8, 4) is 11.1 Å². The summed E-state index contributed by atoms with van der Waals surface area (Å²) in [5, 5.41) is 0. The van der Waals surface area contributed by atoms with Gasteiger partial charge in [-0.1, -0.05) is 38.1 Å². The number of aryl methyl sites for hydroxylation is 1. The lowest BCUT2D eigenvalue weighted by Crippen LogP contribution is -2.41. The summed E-state index contributed by atoms with van der Waals surface area (Å²) in [4.78, 5) is 26.2. The van der Waals surface area contributed by atoms with E-state index in [1.165, 1.54) is 12.1 Å². The Labute approximate surface area is 153 Å². The molecule has 0 heterocycles. The fraction of sp³-hybridized carbons (Fsp3) is 0.391. The first-order valence-electron chi connectivity index (χ1n) is 9.40. The molecule has 2 fully saturated rings. The van der Waals surface area contributed by atoms with Gasteiger partial charge in [0.2, 0.25) is 0 Å². The van der Waals surface area contributed by atoms with E-state index in [4.69, 9.17) is 0 Å². The van der Waals surface area contributed by atoms with Gasteiger partial charge in [-0.15, -0.1) is 0 Å². The van der Waals surface area contributed by atoms with Crippen molar-refractivity contribution in [3.63, 3.8) is 0 Å². The Morgan fingerprint density at radius 1 is 1.08 bits per heavy atom. The van der Waals surface area contributed by atoms with Gasteiger partial charge in [0.1, 0.15) is 11.7 Å². The number of halogens is 1. The van der Waals surface area contributed by atoms with Gasteiger partial charge in [-0.2, -0.15) is 0 Å². The summed E-state index contributed by atoms with van der Waals surface area (Å²) in [5.41, 5.74) is 3.34. The van der Waals surface area contributed by atoms with E-state index in [-0.39, 0.29) is 28.7 Å². The molecule has 0 spiro atoms. The highest BCUT2D eigenvalue weighted by Gasteiger charge is 2.54. The monoisotopic (exact) mass is 350 g/mol. The zero-order valence-electron chi connectivity index (χ0n) is 15.2. The standard InChI is InChI=1S/C23H23FO2/c1-3-14-4-5-16(15-6-8-18(24)9-7-15)12-19(14)20-21(25)17-10-11-23(2,13-17)22(20)26/h4-9,12,17,20H,3,10-11,13H2,1-2H3. The molecule has 2 saturated carbocycles. The first-order chi connectivity index (χ1) is 12.4. The molecule has 0 N–H and O–H groups in total. The van der Waals surface area contributed by atoms with Crippen LogP contribution in [0.25, 0.3) is 11.1 Å². The second-order valence-electron chi connectivity index (χ2n) is 7.97. The van der Waals surface area contributed by atoms with Crippen LogP contribution in [0.1, 0.15) is 50.2 Å². The summed E-state index contributed by atoms with van der Waals surface area (Å²) in [6, 6.07) is 12.3. The van der Waals surface area contributed by atoms with Crippen LogP contribution in [-0.2, 0) is 16.0 Å². The van der Waals surface area contributed by atoms with Crippen molar-refractivity contribution in [2.24, 2.45) is 11.3 Å². The average molecular weight is 350 g/mol. The van der Waals surface area contributed by atoms with Crippen LogP contribution in [0.4, 0.5) is 4.39 Å². The topological polar surface area (TPSA) is 34.1 Å². The lowest BCUT2D eigenvalue weighted by atomic mass is 9.67. The third-order valence-electron chi connectivity index (χ3n) is 6.30. The van der Waals surface area contributed by atoms with Crippen molar-refractivity contribution in [1.29, 1.82) is 0 Å². The predicted octanol–water partition coefficient (Wildman–Crippen LogP) is 5.10. The molecule has 2 aromatic rings. The summed E-state index contributed by atoms with van der Waals surface area (Å²) in [7, 11) is 0. The lowest BCUT2D eigenvalue weighted by molar-refractivity contribution is -0.139.